The van der Waals surface area contributed by atoms with Crippen molar-refractivity contribution in [3.63, 3.8) is 0 Å². The molecule has 2 N–H and O–H groups in total. The van der Waals surface area contributed by atoms with E-state index < -0.39 is 0 Å². The van der Waals surface area contributed by atoms with Gasteiger partial charge in [-0.25, -0.2) is 0 Å². The molecule has 2 aromatic heterocycles. The van der Waals surface area contributed by atoms with Gasteiger partial charge in [-0.2, -0.15) is 0 Å². The SMILES string of the molecule is CN=C(NCCCc1nnc2ccccn12)NC1CCC(C(C)C)CC1. The zero-order valence-corrected chi connectivity index (χ0v) is 16.3. The van der Waals surface area contributed by atoms with Crippen molar-refractivity contribution in [2.24, 2.45) is 16.8 Å². The van der Waals surface area contributed by atoms with Gasteiger partial charge in [0.2, 0.25) is 0 Å². The zero-order valence-electron chi connectivity index (χ0n) is 16.3. The second-order valence-corrected chi connectivity index (χ2v) is 7.65. The number of nitrogens with one attached hydrogen (secondary N) is 2. The summed E-state index contributed by atoms with van der Waals surface area (Å²) < 4.78 is 2.06. The number of aryl methyl sites for hydroxylation is 1. The fraction of sp³-hybridized carbons (Fsp3) is 0.650. The van der Waals surface area contributed by atoms with Gasteiger partial charge in [0.15, 0.2) is 11.6 Å². The number of aliphatic imine (C=N–C) groups is 1. The molecule has 0 spiro atoms. The quantitative estimate of drug-likeness (QED) is 0.474. The van der Waals surface area contributed by atoms with E-state index in [1.54, 1.807) is 0 Å². The van der Waals surface area contributed by atoms with E-state index in [0.717, 1.165) is 48.7 Å². The fourth-order valence-corrected chi connectivity index (χ4v) is 3.83. The number of fused-ring (bicyclic) bond motifs is 1. The molecule has 0 amide bonds. The minimum atomic E-state index is 0.552. The van der Waals surface area contributed by atoms with Crippen molar-refractivity contribution in [1.82, 2.24) is 25.2 Å². The van der Waals surface area contributed by atoms with Crippen LogP contribution in [0.15, 0.2) is 29.4 Å². The third-order valence-corrected chi connectivity index (χ3v) is 5.53. The molecule has 2 aromatic rings. The lowest BCUT2D eigenvalue weighted by atomic mass is 9.80. The molecule has 1 fully saturated rings. The number of hydrogen-bond acceptors (Lipinski definition) is 3. The van der Waals surface area contributed by atoms with Crippen LogP contribution in [0.1, 0.15) is 51.8 Å². The van der Waals surface area contributed by atoms with Crippen LogP contribution in [-0.2, 0) is 6.42 Å². The zero-order chi connectivity index (χ0) is 18.4. The molecule has 0 bridgehead atoms. The van der Waals surface area contributed by atoms with Gasteiger partial charge in [-0.05, 0) is 56.1 Å². The first kappa shape index (κ1) is 18.7. The molecule has 2 heterocycles. The summed E-state index contributed by atoms with van der Waals surface area (Å²) in [5.74, 6) is 3.63. The van der Waals surface area contributed by atoms with Gasteiger partial charge in [-0.15, -0.1) is 10.2 Å². The Morgan fingerprint density at radius 1 is 1.23 bits per heavy atom. The molecule has 0 atom stereocenters. The third-order valence-electron chi connectivity index (χ3n) is 5.53. The highest BCUT2D eigenvalue weighted by atomic mass is 15.2. The van der Waals surface area contributed by atoms with E-state index in [-0.39, 0.29) is 0 Å². The van der Waals surface area contributed by atoms with Crippen LogP contribution in [0.5, 0.6) is 0 Å². The van der Waals surface area contributed by atoms with E-state index in [1.165, 1.54) is 25.7 Å². The molecule has 1 saturated carbocycles. The van der Waals surface area contributed by atoms with Crippen LogP contribution in [0.4, 0.5) is 0 Å². The van der Waals surface area contributed by atoms with Crippen molar-refractivity contribution >= 4 is 11.6 Å². The summed E-state index contributed by atoms with van der Waals surface area (Å²) in [4.78, 5) is 4.38. The topological polar surface area (TPSA) is 66.6 Å². The normalized spacial score (nSPS) is 21.3. The smallest absolute Gasteiger partial charge is 0.191 e. The lowest BCUT2D eigenvalue weighted by molar-refractivity contribution is 0.250. The van der Waals surface area contributed by atoms with E-state index in [4.69, 9.17) is 0 Å². The standard InChI is InChI=1S/C20H32N6/c1-15(2)16-9-11-17(12-10-16)23-20(21-3)22-13-6-8-19-25-24-18-7-4-5-14-26(18)19/h4-5,7,14-17H,6,8-13H2,1-3H3,(H2,21,22,23). The fourth-order valence-electron chi connectivity index (χ4n) is 3.83. The van der Waals surface area contributed by atoms with E-state index >= 15 is 0 Å². The number of nitrogens with zero attached hydrogens (tertiary/aromatic N) is 4. The van der Waals surface area contributed by atoms with Gasteiger partial charge in [-0.3, -0.25) is 9.39 Å². The van der Waals surface area contributed by atoms with Crippen molar-refractivity contribution in [3.8, 4) is 0 Å². The highest BCUT2D eigenvalue weighted by Crippen LogP contribution is 2.29. The summed E-state index contributed by atoms with van der Waals surface area (Å²) >= 11 is 0. The van der Waals surface area contributed by atoms with Crippen LogP contribution >= 0.6 is 0 Å². The molecule has 26 heavy (non-hydrogen) atoms. The Bertz CT molecular complexity index is 712. The minimum Gasteiger partial charge on any atom is -0.356 e. The molecule has 0 aromatic carbocycles. The summed E-state index contributed by atoms with van der Waals surface area (Å²) in [7, 11) is 1.85. The molecule has 0 aliphatic heterocycles. The van der Waals surface area contributed by atoms with E-state index in [0.29, 0.717) is 6.04 Å². The molecule has 1 aliphatic rings. The Balaban J connectivity index is 1.39. The first-order chi connectivity index (χ1) is 12.7. The summed E-state index contributed by atoms with van der Waals surface area (Å²) in [6, 6.07) is 6.53. The predicted molar refractivity (Wildman–Crippen MR) is 106 cm³/mol. The summed E-state index contributed by atoms with van der Waals surface area (Å²) in [6.45, 7) is 5.57. The van der Waals surface area contributed by atoms with Gasteiger partial charge in [0.1, 0.15) is 5.82 Å². The van der Waals surface area contributed by atoms with Crippen LogP contribution in [-0.4, -0.2) is 40.2 Å². The van der Waals surface area contributed by atoms with Gasteiger partial charge in [0.05, 0.1) is 0 Å². The summed E-state index contributed by atoms with van der Waals surface area (Å²) in [5.41, 5.74) is 0.907. The molecular formula is C20H32N6. The Labute approximate surface area is 156 Å². The molecule has 1 aliphatic carbocycles. The molecular weight excluding hydrogens is 324 g/mol. The first-order valence-corrected chi connectivity index (χ1v) is 9.93. The van der Waals surface area contributed by atoms with Crippen molar-refractivity contribution in [2.75, 3.05) is 13.6 Å². The van der Waals surface area contributed by atoms with Gasteiger partial charge >= 0.3 is 0 Å². The van der Waals surface area contributed by atoms with Crippen molar-refractivity contribution in [1.29, 1.82) is 0 Å². The number of aromatic nitrogens is 3. The number of guanidine groups is 1. The summed E-state index contributed by atoms with van der Waals surface area (Å²) in [6.07, 6.45) is 9.06. The first-order valence-electron chi connectivity index (χ1n) is 9.93. The highest BCUT2D eigenvalue weighted by Gasteiger charge is 2.23. The second kappa shape index (κ2) is 9.01. The summed E-state index contributed by atoms with van der Waals surface area (Å²) in [5, 5.41) is 15.5. The second-order valence-electron chi connectivity index (χ2n) is 7.65. The maximum Gasteiger partial charge on any atom is 0.191 e. The number of pyridine rings is 1. The van der Waals surface area contributed by atoms with Crippen LogP contribution in [0, 0.1) is 11.8 Å². The van der Waals surface area contributed by atoms with Crippen LogP contribution < -0.4 is 10.6 Å². The van der Waals surface area contributed by atoms with Crippen LogP contribution in [0.2, 0.25) is 0 Å². The average molecular weight is 357 g/mol. The molecule has 6 heteroatoms. The van der Waals surface area contributed by atoms with E-state index in [1.807, 2.05) is 31.4 Å². The van der Waals surface area contributed by atoms with E-state index in [2.05, 4.69) is 44.1 Å². The third kappa shape index (κ3) is 4.74. The van der Waals surface area contributed by atoms with Gasteiger partial charge in [0.25, 0.3) is 0 Å². The van der Waals surface area contributed by atoms with Crippen LogP contribution in [0.3, 0.4) is 0 Å². The Hall–Kier alpha value is -2.11. The van der Waals surface area contributed by atoms with Crippen molar-refractivity contribution in [2.45, 2.75) is 58.4 Å². The molecule has 3 rings (SSSR count). The van der Waals surface area contributed by atoms with Gasteiger partial charge in [-0.1, -0.05) is 19.9 Å². The predicted octanol–water partition coefficient (Wildman–Crippen LogP) is 3.04. The van der Waals surface area contributed by atoms with Crippen molar-refractivity contribution < 1.29 is 0 Å². The lowest BCUT2D eigenvalue weighted by Crippen LogP contribution is -2.45. The maximum atomic E-state index is 4.38. The number of hydrogen-bond donors (Lipinski definition) is 2. The Morgan fingerprint density at radius 2 is 2.04 bits per heavy atom. The maximum absolute atomic E-state index is 4.38. The van der Waals surface area contributed by atoms with Crippen molar-refractivity contribution in [3.05, 3.63) is 30.2 Å². The average Bonchev–Trinajstić information content (AvgIpc) is 3.08. The molecule has 142 valence electrons. The molecule has 0 radical (unpaired) electrons. The molecule has 0 unspecified atom stereocenters. The molecule has 0 saturated heterocycles. The largest absolute Gasteiger partial charge is 0.356 e. The van der Waals surface area contributed by atoms with E-state index in [9.17, 15) is 0 Å². The minimum absolute atomic E-state index is 0.552. The van der Waals surface area contributed by atoms with Gasteiger partial charge in [0, 0.05) is 32.3 Å². The van der Waals surface area contributed by atoms with Crippen LogP contribution in [0.25, 0.3) is 5.65 Å². The van der Waals surface area contributed by atoms with Gasteiger partial charge < -0.3 is 10.6 Å². The highest BCUT2D eigenvalue weighted by molar-refractivity contribution is 5.79. The molecule has 6 nitrogen and oxygen atoms in total. The number of rotatable bonds is 6. The lowest BCUT2D eigenvalue weighted by Gasteiger charge is -2.32. The Morgan fingerprint density at radius 3 is 2.77 bits per heavy atom. The monoisotopic (exact) mass is 356 g/mol. The Kier molecular flexibility index (Phi) is 6.47.